The zero-order valence-corrected chi connectivity index (χ0v) is 14.5. The third kappa shape index (κ3) is 4.23. The fourth-order valence-electron chi connectivity index (χ4n) is 2.59. The Bertz CT molecular complexity index is 619. The summed E-state index contributed by atoms with van der Waals surface area (Å²) >= 11 is 5.82. The van der Waals surface area contributed by atoms with Gasteiger partial charge in [-0.25, -0.2) is 8.42 Å². The lowest BCUT2D eigenvalue weighted by atomic mass is 9.99. The number of carbonyl (C=O) groups excluding carboxylic acids is 1. The zero-order valence-electron chi connectivity index (χ0n) is 13.0. The van der Waals surface area contributed by atoms with Crippen molar-refractivity contribution in [1.29, 1.82) is 0 Å². The molecular weight excluding hydrogens is 322 g/mol. The predicted octanol–water partition coefficient (Wildman–Crippen LogP) is 3.07. The number of amides is 1. The van der Waals surface area contributed by atoms with Gasteiger partial charge in [0.2, 0.25) is 5.91 Å². The molecule has 1 aliphatic rings. The minimum absolute atomic E-state index is 0.285. The van der Waals surface area contributed by atoms with Gasteiger partial charge in [-0.3, -0.25) is 4.79 Å². The number of likely N-dealkylation sites (tertiary alicyclic amines) is 1. The summed E-state index contributed by atoms with van der Waals surface area (Å²) in [4.78, 5) is 13.9. The van der Waals surface area contributed by atoms with Gasteiger partial charge in [0, 0.05) is 18.1 Å². The van der Waals surface area contributed by atoms with Crippen LogP contribution in [-0.4, -0.2) is 38.1 Å². The summed E-state index contributed by atoms with van der Waals surface area (Å²) in [5.74, 6) is -0.105. The number of benzene rings is 1. The van der Waals surface area contributed by atoms with Crippen LogP contribution in [0.15, 0.2) is 24.3 Å². The van der Waals surface area contributed by atoms with E-state index in [1.165, 1.54) is 0 Å². The standard InChI is InChI=1S/C16H22ClNO3S/c1-12-7-9-18(10-8-12)16(19)11-22(20,21)13(2)14-3-5-15(17)6-4-14/h3-6,12-13H,7-11H2,1-2H3. The van der Waals surface area contributed by atoms with Crippen LogP contribution in [0.25, 0.3) is 0 Å². The summed E-state index contributed by atoms with van der Waals surface area (Å²) in [6, 6.07) is 6.71. The Hall–Kier alpha value is -1.07. The molecule has 122 valence electrons. The molecular formula is C16H22ClNO3S. The van der Waals surface area contributed by atoms with Gasteiger partial charge < -0.3 is 4.90 Å². The van der Waals surface area contributed by atoms with Crippen molar-refractivity contribution in [3.63, 3.8) is 0 Å². The van der Waals surface area contributed by atoms with Gasteiger partial charge in [0.15, 0.2) is 9.84 Å². The van der Waals surface area contributed by atoms with Crippen LogP contribution >= 0.6 is 11.6 Å². The maximum atomic E-state index is 12.5. The van der Waals surface area contributed by atoms with Crippen LogP contribution in [0, 0.1) is 5.92 Å². The van der Waals surface area contributed by atoms with Crippen LogP contribution in [0.1, 0.15) is 37.5 Å². The van der Waals surface area contributed by atoms with Gasteiger partial charge in [0.05, 0.1) is 5.25 Å². The molecule has 1 fully saturated rings. The zero-order chi connectivity index (χ0) is 16.3. The monoisotopic (exact) mass is 343 g/mol. The first-order chi connectivity index (χ1) is 10.3. The molecule has 1 aliphatic heterocycles. The topological polar surface area (TPSA) is 54.5 Å². The lowest BCUT2D eigenvalue weighted by molar-refractivity contribution is -0.129. The van der Waals surface area contributed by atoms with Gasteiger partial charge in [-0.1, -0.05) is 30.7 Å². The van der Waals surface area contributed by atoms with E-state index in [4.69, 9.17) is 11.6 Å². The first-order valence-corrected chi connectivity index (χ1v) is 9.64. The highest BCUT2D eigenvalue weighted by Crippen LogP contribution is 2.25. The minimum atomic E-state index is -3.52. The van der Waals surface area contributed by atoms with E-state index >= 15 is 0 Å². The van der Waals surface area contributed by atoms with Crippen LogP contribution in [-0.2, 0) is 14.6 Å². The Kier molecular flexibility index (Phi) is 5.50. The molecule has 6 heteroatoms. The smallest absolute Gasteiger partial charge is 0.237 e. The Balaban J connectivity index is 2.03. The van der Waals surface area contributed by atoms with Gasteiger partial charge in [0.25, 0.3) is 0 Å². The highest BCUT2D eigenvalue weighted by molar-refractivity contribution is 7.92. The number of rotatable bonds is 4. The number of sulfone groups is 1. The Labute approximate surface area is 137 Å². The van der Waals surface area contributed by atoms with E-state index < -0.39 is 20.8 Å². The summed E-state index contributed by atoms with van der Waals surface area (Å²) < 4.78 is 24.9. The van der Waals surface area contributed by atoms with Crippen LogP contribution in [0.5, 0.6) is 0 Å². The van der Waals surface area contributed by atoms with E-state index in [9.17, 15) is 13.2 Å². The molecule has 1 aromatic rings. The van der Waals surface area contributed by atoms with Crippen molar-refractivity contribution in [2.45, 2.75) is 31.9 Å². The Morgan fingerprint density at radius 2 is 1.82 bits per heavy atom. The van der Waals surface area contributed by atoms with Crippen molar-refractivity contribution < 1.29 is 13.2 Å². The number of piperidine rings is 1. The largest absolute Gasteiger partial charge is 0.342 e. The first-order valence-electron chi connectivity index (χ1n) is 7.54. The van der Waals surface area contributed by atoms with Gasteiger partial charge in [-0.15, -0.1) is 0 Å². The van der Waals surface area contributed by atoms with Gasteiger partial charge in [0.1, 0.15) is 5.75 Å². The van der Waals surface area contributed by atoms with Crippen LogP contribution < -0.4 is 0 Å². The highest BCUT2D eigenvalue weighted by Gasteiger charge is 2.29. The fraction of sp³-hybridized carbons (Fsp3) is 0.562. The van der Waals surface area contributed by atoms with Crippen LogP contribution in [0.4, 0.5) is 0 Å². The van der Waals surface area contributed by atoms with Gasteiger partial charge in [-0.2, -0.15) is 0 Å². The summed E-state index contributed by atoms with van der Waals surface area (Å²) in [5.41, 5.74) is 0.657. The van der Waals surface area contributed by atoms with Crippen molar-refractivity contribution in [3.8, 4) is 0 Å². The molecule has 1 atom stereocenters. The molecule has 0 saturated carbocycles. The molecule has 0 radical (unpaired) electrons. The molecule has 1 saturated heterocycles. The predicted molar refractivity (Wildman–Crippen MR) is 88.6 cm³/mol. The van der Waals surface area contributed by atoms with Crippen molar-refractivity contribution in [3.05, 3.63) is 34.9 Å². The second-order valence-electron chi connectivity index (χ2n) is 6.06. The maximum absolute atomic E-state index is 12.5. The number of halogens is 1. The molecule has 1 aromatic carbocycles. The van der Waals surface area contributed by atoms with E-state index in [1.807, 2.05) is 0 Å². The number of hydrogen-bond donors (Lipinski definition) is 0. The fourth-order valence-corrected chi connectivity index (χ4v) is 4.06. The average Bonchev–Trinajstić information content (AvgIpc) is 2.47. The molecule has 0 bridgehead atoms. The molecule has 0 spiro atoms. The third-order valence-electron chi connectivity index (χ3n) is 4.34. The van der Waals surface area contributed by atoms with E-state index in [0.717, 1.165) is 12.8 Å². The summed E-state index contributed by atoms with van der Waals surface area (Å²) in [6.45, 7) is 5.08. The number of nitrogens with zero attached hydrogens (tertiary/aromatic N) is 1. The Morgan fingerprint density at radius 3 is 2.36 bits per heavy atom. The molecule has 1 unspecified atom stereocenters. The van der Waals surface area contributed by atoms with Crippen LogP contribution in [0.2, 0.25) is 5.02 Å². The number of carbonyl (C=O) groups is 1. The normalized spacial score (nSPS) is 18.2. The maximum Gasteiger partial charge on any atom is 0.237 e. The van der Waals surface area contributed by atoms with Crippen molar-refractivity contribution >= 4 is 27.3 Å². The van der Waals surface area contributed by atoms with Gasteiger partial charge >= 0.3 is 0 Å². The second-order valence-corrected chi connectivity index (χ2v) is 8.82. The molecule has 0 N–H and O–H groups in total. The van der Waals surface area contributed by atoms with Crippen molar-refractivity contribution in [2.24, 2.45) is 5.92 Å². The SMILES string of the molecule is CC1CCN(C(=O)CS(=O)(=O)C(C)c2ccc(Cl)cc2)CC1. The lowest BCUT2D eigenvalue weighted by Crippen LogP contribution is -2.41. The minimum Gasteiger partial charge on any atom is -0.342 e. The summed E-state index contributed by atoms with van der Waals surface area (Å²) in [5, 5.41) is -0.149. The molecule has 1 heterocycles. The average molecular weight is 344 g/mol. The van der Waals surface area contributed by atoms with E-state index in [2.05, 4.69) is 6.92 Å². The lowest BCUT2D eigenvalue weighted by Gasteiger charge is -2.30. The van der Waals surface area contributed by atoms with Gasteiger partial charge in [-0.05, 0) is 43.4 Å². The summed E-state index contributed by atoms with van der Waals surface area (Å²) in [6.07, 6.45) is 1.89. The van der Waals surface area contributed by atoms with E-state index in [1.54, 1.807) is 36.1 Å². The summed E-state index contributed by atoms with van der Waals surface area (Å²) in [7, 11) is -3.52. The highest BCUT2D eigenvalue weighted by atomic mass is 35.5. The molecule has 0 aliphatic carbocycles. The van der Waals surface area contributed by atoms with Crippen LogP contribution in [0.3, 0.4) is 0 Å². The van der Waals surface area contributed by atoms with E-state index in [-0.39, 0.29) is 5.91 Å². The molecule has 1 amide bonds. The molecule has 2 rings (SSSR count). The number of hydrogen-bond acceptors (Lipinski definition) is 3. The van der Waals surface area contributed by atoms with E-state index in [0.29, 0.717) is 29.6 Å². The molecule has 22 heavy (non-hydrogen) atoms. The van der Waals surface area contributed by atoms with Crippen molar-refractivity contribution in [2.75, 3.05) is 18.8 Å². The third-order valence-corrected chi connectivity index (χ3v) is 6.59. The second kappa shape index (κ2) is 7.01. The quantitative estimate of drug-likeness (QED) is 0.844. The van der Waals surface area contributed by atoms with Crippen molar-refractivity contribution in [1.82, 2.24) is 4.90 Å². The Morgan fingerprint density at radius 1 is 1.27 bits per heavy atom. The molecule has 0 aromatic heterocycles. The molecule has 4 nitrogen and oxygen atoms in total. The first kappa shape index (κ1) is 17.3.